The second-order valence-electron chi connectivity index (χ2n) is 4.65. The number of rotatable bonds is 4. The Morgan fingerprint density at radius 1 is 0.909 bits per heavy atom. The first-order valence-corrected chi connectivity index (χ1v) is 6.72. The van der Waals surface area contributed by atoms with E-state index in [9.17, 15) is 0 Å². The fourth-order valence-corrected chi connectivity index (χ4v) is 2.10. The number of ether oxygens (including phenoxy) is 2. The van der Waals surface area contributed by atoms with Crippen molar-refractivity contribution >= 4 is 5.69 Å². The molecule has 1 heterocycles. The van der Waals surface area contributed by atoms with Gasteiger partial charge in [-0.25, -0.2) is 4.68 Å². The first-order valence-electron chi connectivity index (χ1n) is 6.72. The van der Waals surface area contributed by atoms with Crippen LogP contribution in [0.5, 0.6) is 11.8 Å². The second kappa shape index (κ2) is 5.77. The van der Waals surface area contributed by atoms with Gasteiger partial charge in [-0.2, -0.15) is 4.98 Å². The fourth-order valence-electron chi connectivity index (χ4n) is 2.10. The molecule has 0 aliphatic carbocycles. The molecule has 0 saturated carbocycles. The second-order valence-corrected chi connectivity index (χ2v) is 4.65. The first-order chi connectivity index (χ1) is 10.7. The van der Waals surface area contributed by atoms with E-state index in [1.54, 1.807) is 18.9 Å². The molecule has 0 atom stereocenters. The maximum atomic E-state index is 5.73. The highest BCUT2D eigenvalue weighted by Gasteiger charge is 2.14. The SMILES string of the molecule is COc1ccc(-c2nc(OC)nn2-c2ccc(N)cc2)cc1. The zero-order valence-corrected chi connectivity index (χ0v) is 12.4. The quantitative estimate of drug-likeness (QED) is 0.749. The Hall–Kier alpha value is -3.02. The van der Waals surface area contributed by atoms with E-state index >= 15 is 0 Å². The summed E-state index contributed by atoms with van der Waals surface area (Å²) in [6.07, 6.45) is 0. The smallest absolute Gasteiger partial charge is 0.336 e. The number of nitrogens with zero attached hydrogens (tertiary/aromatic N) is 3. The van der Waals surface area contributed by atoms with Gasteiger partial charge in [0.1, 0.15) is 5.75 Å². The third-order valence-corrected chi connectivity index (χ3v) is 3.26. The molecule has 0 bridgehead atoms. The monoisotopic (exact) mass is 296 g/mol. The van der Waals surface area contributed by atoms with Gasteiger partial charge in [0.15, 0.2) is 5.82 Å². The lowest BCUT2D eigenvalue weighted by Gasteiger charge is -2.06. The van der Waals surface area contributed by atoms with Crippen LogP contribution >= 0.6 is 0 Å². The molecular weight excluding hydrogens is 280 g/mol. The lowest BCUT2D eigenvalue weighted by molar-refractivity contribution is 0.380. The fraction of sp³-hybridized carbons (Fsp3) is 0.125. The van der Waals surface area contributed by atoms with Crippen LogP contribution in [0.25, 0.3) is 17.1 Å². The zero-order chi connectivity index (χ0) is 15.5. The van der Waals surface area contributed by atoms with E-state index < -0.39 is 0 Å². The number of nitrogens with two attached hydrogens (primary N) is 1. The lowest BCUT2D eigenvalue weighted by atomic mass is 10.2. The molecule has 3 rings (SSSR count). The molecule has 2 N–H and O–H groups in total. The molecule has 6 nitrogen and oxygen atoms in total. The highest BCUT2D eigenvalue weighted by molar-refractivity contribution is 5.60. The average molecular weight is 296 g/mol. The van der Waals surface area contributed by atoms with Gasteiger partial charge in [-0.1, -0.05) is 0 Å². The molecule has 112 valence electrons. The van der Waals surface area contributed by atoms with Crippen LogP contribution in [0.4, 0.5) is 5.69 Å². The summed E-state index contributed by atoms with van der Waals surface area (Å²) in [5, 5.41) is 4.36. The number of anilines is 1. The summed E-state index contributed by atoms with van der Waals surface area (Å²) in [7, 11) is 3.18. The normalized spacial score (nSPS) is 10.5. The highest BCUT2D eigenvalue weighted by Crippen LogP contribution is 2.25. The predicted molar refractivity (Wildman–Crippen MR) is 84.3 cm³/mol. The van der Waals surface area contributed by atoms with Gasteiger partial charge in [0.25, 0.3) is 0 Å². The van der Waals surface area contributed by atoms with Crippen LogP contribution in [0.2, 0.25) is 0 Å². The van der Waals surface area contributed by atoms with E-state index in [0.717, 1.165) is 17.0 Å². The van der Waals surface area contributed by atoms with Crippen molar-refractivity contribution in [3.63, 3.8) is 0 Å². The first kappa shape index (κ1) is 13.9. The summed E-state index contributed by atoms with van der Waals surface area (Å²) in [6, 6.07) is 15.3. The van der Waals surface area contributed by atoms with E-state index in [0.29, 0.717) is 17.5 Å². The minimum atomic E-state index is 0.308. The molecule has 0 fully saturated rings. The number of hydrogen-bond donors (Lipinski definition) is 1. The van der Waals surface area contributed by atoms with Crippen LogP contribution in [0.3, 0.4) is 0 Å². The van der Waals surface area contributed by atoms with E-state index in [1.807, 2.05) is 48.5 Å². The van der Waals surface area contributed by atoms with Gasteiger partial charge in [-0.3, -0.25) is 0 Å². The largest absolute Gasteiger partial charge is 0.497 e. The topological polar surface area (TPSA) is 75.2 Å². The Labute approximate surface area is 128 Å². The molecule has 0 aliphatic heterocycles. The Morgan fingerprint density at radius 3 is 2.18 bits per heavy atom. The number of hydrogen-bond acceptors (Lipinski definition) is 5. The summed E-state index contributed by atoms with van der Waals surface area (Å²) >= 11 is 0. The van der Waals surface area contributed by atoms with Gasteiger partial charge in [0.2, 0.25) is 0 Å². The molecule has 0 aliphatic rings. The van der Waals surface area contributed by atoms with Gasteiger partial charge in [-0.15, -0.1) is 5.10 Å². The lowest BCUT2D eigenvalue weighted by Crippen LogP contribution is -2.00. The summed E-state index contributed by atoms with van der Waals surface area (Å²) < 4.78 is 12.1. The van der Waals surface area contributed by atoms with Crippen molar-refractivity contribution < 1.29 is 9.47 Å². The van der Waals surface area contributed by atoms with Crippen LogP contribution in [0, 0.1) is 0 Å². The Morgan fingerprint density at radius 2 is 1.59 bits per heavy atom. The van der Waals surface area contributed by atoms with E-state index in [2.05, 4.69) is 10.1 Å². The third-order valence-electron chi connectivity index (χ3n) is 3.26. The van der Waals surface area contributed by atoms with Gasteiger partial charge < -0.3 is 15.2 Å². The summed E-state index contributed by atoms with van der Waals surface area (Å²) in [4.78, 5) is 4.41. The summed E-state index contributed by atoms with van der Waals surface area (Å²) in [5.41, 5.74) is 8.20. The molecule has 0 saturated heterocycles. The summed E-state index contributed by atoms with van der Waals surface area (Å²) in [6.45, 7) is 0. The molecule has 3 aromatic rings. The van der Waals surface area contributed by atoms with Crippen molar-refractivity contribution in [1.29, 1.82) is 0 Å². The maximum absolute atomic E-state index is 5.73. The Balaban J connectivity index is 2.09. The molecule has 6 heteroatoms. The molecule has 0 spiro atoms. The summed E-state index contributed by atoms with van der Waals surface area (Å²) in [5.74, 6) is 1.47. The Kier molecular flexibility index (Phi) is 3.65. The van der Waals surface area contributed by atoms with Gasteiger partial charge >= 0.3 is 6.01 Å². The minimum absolute atomic E-state index is 0.308. The minimum Gasteiger partial charge on any atom is -0.497 e. The number of aromatic nitrogens is 3. The molecular formula is C16H16N4O2. The van der Waals surface area contributed by atoms with Crippen molar-refractivity contribution in [2.45, 2.75) is 0 Å². The van der Waals surface area contributed by atoms with Crippen molar-refractivity contribution in [3.05, 3.63) is 48.5 Å². The van der Waals surface area contributed by atoms with Gasteiger partial charge in [-0.05, 0) is 48.5 Å². The van der Waals surface area contributed by atoms with Crippen LogP contribution in [-0.4, -0.2) is 29.0 Å². The van der Waals surface area contributed by atoms with Crippen LogP contribution < -0.4 is 15.2 Å². The van der Waals surface area contributed by atoms with Crippen molar-refractivity contribution in [2.24, 2.45) is 0 Å². The number of nitrogen functional groups attached to an aromatic ring is 1. The van der Waals surface area contributed by atoms with E-state index in [4.69, 9.17) is 15.2 Å². The van der Waals surface area contributed by atoms with Crippen molar-refractivity contribution in [2.75, 3.05) is 20.0 Å². The van der Waals surface area contributed by atoms with E-state index in [1.165, 1.54) is 0 Å². The van der Waals surface area contributed by atoms with Crippen LogP contribution in [0.1, 0.15) is 0 Å². The maximum Gasteiger partial charge on any atom is 0.336 e. The van der Waals surface area contributed by atoms with Crippen molar-refractivity contribution in [1.82, 2.24) is 14.8 Å². The van der Waals surface area contributed by atoms with Crippen LogP contribution in [-0.2, 0) is 0 Å². The molecule has 0 amide bonds. The average Bonchev–Trinajstić information content (AvgIpc) is 3.00. The van der Waals surface area contributed by atoms with E-state index in [-0.39, 0.29) is 0 Å². The third kappa shape index (κ3) is 2.58. The predicted octanol–water partition coefficient (Wildman–Crippen LogP) is 2.53. The molecule has 0 radical (unpaired) electrons. The molecule has 22 heavy (non-hydrogen) atoms. The molecule has 2 aromatic carbocycles. The van der Waals surface area contributed by atoms with Gasteiger partial charge in [0.05, 0.1) is 19.9 Å². The van der Waals surface area contributed by atoms with Crippen LogP contribution in [0.15, 0.2) is 48.5 Å². The standard InChI is InChI=1S/C16H16N4O2/c1-21-14-9-3-11(4-10-14)15-18-16(22-2)19-20(15)13-7-5-12(17)6-8-13/h3-10H,17H2,1-2H3. The number of benzene rings is 2. The Bertz CT molecular complexity index is 764. The van der Waals surface area contributed by atoms with Crippen molar-refractivity contribution in [3.8, 4) is 28.8 Å². The number of methoxy groups -OCH3 is 2. The molecule has 1 aromatic heterocycles. The zero-order valence-electron chi connectivity index (χ0n) is 12.4. The molecule has 0 unspecified atom stereocenters. The highest BCUT2D eigenvalue weighted by atomic mass is 16.5. The van der Waals surface area contributed by atoms with Gasteiger partial charge in [0, 0.05) is 11.3 Å².